The third-order valence-corrected chi connectivity index (χ3v) is 7.90. The van der Waals surface area contributed by atoms with Gasteiger partial charge in [-0.25, -0.2) is 9.59 Å². The molecular formula is C27H28N2O3S. The first-order valence-electron chi connectivity index (χ1n) is 11.7. The lowest BCUT2D eigenvalue weighted by Gasteiger charge is -2.36. The van der Waals surface area contributed by atoms with Crippen molar-refractivity contribution < 1.29 is 14.3 Å². The maximum Gasteiger partial charge on any atom is 0.340 e. The first kappa shape index (κ1) is 21.7. The molecule has 0 saturated carbocycles. The number of hydrogen-bond acceptors (Lipinski definition) is 4. The molecule has 1 atom stereocenters. The predicted molar refractivity (Wildman–Crippen MR) is 131 cm³/mol. The van der Waals surface area contributed by atoms with Crippen molar-refractivity contribution in [2.45, 2.75) is 45.1 Å². The molecule has 0 spiro atoms. The summed E-state index contributed by atoms with van der Waals surface area (Å²) >= 11 is 1.89. The van der Waals surface area contributed by atoms with E-state index in [9.17, 15) is 9.59 Å². The van der Waals surface area contributed by atoms with Gasteiger partial charge in [0.25, 0.3) is 0 Å². The van der Waals surface area contributed by atoms with Gasteiger partial charge in [-0.1, -0.05) is 42.5 Å². The second-order valence-electron chi connectivity index (χ2n) is 8.51. The van der Waals surface area contributed by atoms with Crippen LogP contribution in [0.3, 0.4) is 0 Å². The van der Waals surface area contributed by atoms with E-state index in [4.69, 9.17) is 4.74 Å². The zero-order chi connectivity index (χ0) is 22.8. The Balaban J connectivity index is 1.50. The standard InChI is InChI=1S/C27H28N2O3S/c1-2-32-26(30)21-13-6-8-14-22(21)28-27(31)29-17-16-20-19-12-7-9-15-23(19)33-25(20)24(29)18-10-4-3-5-11-18/h3-6,8,10-11,13-14,24H,2,7,9,12,15-17H2,1H3,(H,28,31). The zero-order valence-electron chi connectivity index (χ0n) is 18.8. The normalized spacial score (nSPS) is 17.1. The van der Waals surface area contributed by atoms with E-state index in [-0.39, 0.29) is 18.7 Å². The van der Waals surface area contributed by atoms with Gasteiger partial charge in [-0.15, -0.1) is 11.3 Å². The number of benzene rings is 2. The van der Waals surface area contributed by atoms with Crippen molar-refractivity contribution in [3.05, 3.63) is 86.6 Å². The molecule has 1 N–H and O–H groups in total. The van der Waals surface area contributed by atoms with E-state index in [0.717, 1.165) is 24.8 Å². The Morgan fingerprint density at radius 1 is 1.00 bits per heavy atom. The van der Waals surface area contributed by atoms with Crippen LogP contribution < -0.4 is 5.32 Å². The molecule has 3 aromatic rings. The summed E-state index contributed by atoms with van der Waals surface area (Å²) < 4.78 is 5.18. The molecule has 5 rings (SSSR count). The quantitative estimate of drug-likeness (QED) is 0.487. The lowest BCUT2D eigenvalue weighted by atomic mass is 9.88. The number of anilines is 1. The van der Waals surface area contributed by atoms with Crippen LogP contribution in [0.4, 0.5) is 10.5 Å². The van der Waals surface area contributed by atoms with Crippen LogP contribution in [0, 0.1) is 0 Å². The van der Waals surface area contributed by atoms with Crippen molar-refractivity contribution in [2.24, 2.45) is 0 Å². The minimum absolute atomic E-state index is 0.125. The van der Waals surface area contributed by atoms with Crippen molar-refractivity contribution in [2.75, 3.05) is 18.5 Å². The molecule has 2 heterocycles. The molecule has 2 aliphatic rings. The van der Waals surface area contributed by atoms with Crippen LogP contribution in [0.1, 0.15) is 62.6 Å². The number of nitrogens with zero attached hydrogens (tertiary/aromatic N) is 1. The lowest BCUT2D eigenvalue weighted by molar-refractivity contribution is 0.0527. The highest BCUT2D eigenvalue weighted by Crippen LogP contribution is 2.45. The van der Waals surface area contributed by atoms with Gasteiger partial charge in [0.2, 0.25) is 0 Å². The molecule has 33 heavy (non-hydrogen) atoms. The van der Waals surface area contributed by atoms with Crippen LogP contribution in [-0.4, -0.2) is 30.1 Å². The maximum absolute atomic E-state index is 13.6. The summed E-state index contributed by atoms with van der Waals surface area (Å²) in [6, 6.07) is 17.0. The van der Waals surface area contributed by atoms with Crippen molar-refractivity contribution in [1.29, 1.82) is 0 Å². The Labute approximate surface area is 198 Å². The number of nitrogens with one attached hydrogen (secondary N) is 1. The molecule has 0 radical (unpaired) electrons. The molecule has 6 heteroatoms. The smallest absolute Gasteiger partial charge is 0.340 e. The first-order valence-corrected chi connectivity index (χ1v) is 12.5. The number of esters is 1. The fourth-order valence-electron chi connectivity index (χ4n) is 5.00. The molecule has 1 aliphatic heterocycles. The molecule has 1 unspecified atom stereocenters. The highest BCUT2D eigenvalue weighted by Gasteiger charge is 2.36. The summed E-state index contributed by atoms with van der Waals surface area (Å²) in [5.41, 5.74) is 4.96. The maximum atomic E-state index is 13.6. The van der Waals surface area contributed by atoms with Gasteiger partial charge in [0.05, 0.1) is 23.9 Å². The Morgan fingerprint density at radius 3 is 2.58 bits per heavy atom. The van der Waals surface area contributed by atoms with Gasteiger partial charge in [-0.3, -0.25) is 0 Å². The van der Waals surface area contributed by atoms with E-state index in [1.807, 2.05) is 40.5 Å². The fraction of sp³-hybridized carbons (Fsp3) is 0.333. The third kappa shape index (κ3) is 4.15. The zero-order valence-corrected chi connectivity index (χ0v) is 19.6. The molecule has 0 saturated heterocycles. The average Bonchev–Trinajstić information content (AvgIpc) is 3.23. The molecule has 1 aromatic heterocycles. The summed E-state index contributed by atoms with van der Waals surface area (Å²) in [5.74, 6) is -0.431. The van der Waals surface area contributed by atoms with E-state index in [1.54, 1.807) is 25.1 Å². The van der Waals surface area contributed by atoms with Gasteiger partial charge < -0.3 is 15.0 Å². The van der Waals surface area contributed by atoms with E-state index in [0.29, 0.717) is 17.8 Å². The Hall–Kier alpha value is -3.12. The number of rotatable bonds is 4. The summed E-state index contributed by atoms with van der Waals surface area (Å²) in [5, 5.41) is 3.00. The summed E-state index contributed by atoms with van der Waals surface area (Å²) in [7, 11) is 0. The number of carbonyl (C=O) groups is 2. The van der Waals surface area contributed by atoms with Gasteiger partial charge in [-0.05, 0) is 67.9 Å². The number of amides is 2. The molecule has 170 valence electrons. The molecule has 5 nitrogen and oxygen atoms in total. The van der Waals surface area contributed by atoms with Crippen LogP contribution in [0.15, 0.2) is 54.6 Å². The number of urea groups is 1. The SMILES string of the molecule is CCOC(=O)c1ccccc1NC(=O)N1CCc2c(sc3c2CCCC3)C1c1ccccc1. The van der Waals surface area contributed by atoms with Crippen molar-refractivity contribution in [3.63, 3.8) is 0 Å². The lowest BCUT2D eigenvalue weighted by Crippen LogP contribution is -2.42. The largest absolute Gasteiger partial charge is 0.462 e. The van der Waals surface area contributed by atoms with E-state index in [2.05, 4.69) is 17.4 Å². The summed E-state index contributed by atoms with van der Waals surface area (Å²) in [6.45, 7) is 2.70. The fourth-order valence-corrected chi connectivity index (χ4v) is 6.59. The second kappa shape index (κ2) is 9.40. The van der Waals surface area contributed by atoms with Gasteiger partial charge in [0.15, 0.2) is 0 Å². The minimum Gasteiger partial charge on any atom is -0.462 e. The van der Waals surface area contributed by atoms with Crippen molar-refractivity contribution in [3.8, 4) is 0 Å². The molecule has 2 aromatic carbocycles. The Kier molecular flexibility index (Phi) is 6.18. The first-order chi connectivity index (χ1) is 16.2. The third-order valence-electron chi connectivity index (χ3n) is 6.51. The Bertz CT molecular complexity index is 1170. The number of carbonyl (C=O) groups excluding carboxylic acids is 2. The van der Waals surface area contributed by atoms with Crippen LogP contribution in [0.5, 0.6) is 0 Å². The van der Waals surface area contributed by atoms with Crippen molar-refractivity contribution in [1.82, 2.24) is 4.90 Å². The van der Waals surface area contributed by atoms with Crippen LogP contribution in [-0.2, 0) is 24.0 Å². The highest BCUT2D eigenvalue weighted by molar-refractivity contribution is 7.12. The van der Waals surface area contributed by atoms with Crippen LogP contribution in [0.2, 0.25) is 0 Å². The van der Waals surface area contributed by atoms with Gasteiger partial charge in [-0.2, -0.15) is 0 Å². The molecular weight excluding hydrogens is 432 g/mol. The van der Waals surface area contributed by atoms with Gasteiger partial charge in [0, 0.05) is 16.3 Å². The number of thiophene rings is 1. The van der Waals surface area contributed by atoms with E-state index < -0.39 is 5.97 Å². The number of ether oxygens (including phenoxy) is 1. The summed E-state index contributed by atoms with van der Waals surface area (Å²) in [6.07, 6.45) is 5.67. The molecule has 0 bridgehead atoms. The number of hydrogen-bond donors (Lipinski definition) is 1. The topological polar surface area (TPSA) is 58.6 Å². The van der Waals surface area contributed by atoms with E-state index in [1.165, 1.54) is 33.7 Å². The monoisotopic (exact) mass is 460 g/mol. The molecule has 0 fully saturated rings. The number of para-hydroxylation sites is 1. The molecule has 2 amide bonds. The van der Waals surface area contributed by atoms with E-state index >= 15 is 0 Å². The predicted octanol–water partition coefficient (Wildman–Crippen LogP) is 5.98. The molecule has 1 aliphatic carbocycles. The highest BCUT2D eigenvalue weighted by atomic mass is 32.1. The van der Waals surface area contributed by atoms with Gasteiger partial charge >= 0.3 is 12.0 Å². The van der Waals surface area contributed by atoms with Crippen LogP contribution >= 0.6 is 11.3 Å². The Morgan fingerprint density at radius 2 is 1.76 bits per heavy atom. The number of aryl methyl sites for hydroxylation is 1. The second-order valence-corrected chi connectivity index (χ2v) is 9.64. The number of fused-ring (bicyclic) bond motifs is 3. The summed E-state index contributed by atoms with van der Waals surface area (Å²) in [4.78, 5) is 30.7. The average molecular weight is 461 g/mol. The van der Waals surface area contributed by atoms with Gasteiger partial charge in [0.1, 0.15) is 0 Å². The minimum atomic E-state index is -0.431. The van der Waals surface area contributed by atoms with Crippen molar-refractivity contribution >= 4 is 29.0 Å². The van der Waals surface area contributed by atoms with Crippen LogP contribution in [0.25, 0.3) is 0 Å².